The van der Waals surface area contributed by atoms with Crippen molar-refractivity contribution < 1.29 is 9.31 Å². The Hall–Kier alpha value is -0.0551. The molecule has 4 fully saturated rings. The molecule has 18 heavy (non-hydrogen) atoms. The normalized spacial score (nSPS) is 46.8. The van der Waals surface area contributed by atoms with E-state index in [9.17, 15) is 0 Å². The van der Waals surface area contributed by atoms with Gasteiger partial charge in [-0.2, -0.15) is 0 Å². The lowest BCUT2D eigenvalue weighted by Gasteiger charge is -2.64. The summed E-state index contributed by atoms with van der Waals surface area (Å²) in [5, 5.41) is 0. The van der Waals surface area contributed by atoms with Crippen LogP contribution in [0, 0.1) is 23.2 Å². The highest BCUT2D eigenvalue weighted by atomic mass is 16.7. The first-order valence-corrected chi connectivity index (χ1v) is 7.35. The molecule has 3 saturated carbocycles. The smallest absolute Gasteiger partial charge is 0.404 e. The zero-order chi connectivity index (χ0) is 13.3. The zero-order valence-electron chi connectivity index (χ0n) is 12.3. The van der Waals surface area contributed by atoms with Gasteiger partial charge in [0.05, 0.1) is 11.7 Å². The Kier molecular flexibility index (Phi) is 2.69. The van der Waals surface area contributed by atoms with Crippen LogP contribution >= 0.6 is 0 Å². The average Bonchev–Trinajstić information content (AvgIpc) is 2.63. The van der Waals surface area contributed by atoms with Gasteiger partial charge in [-0.15, -0.1) is 0 Å². The van der Waals surface area contributed by atoms with Crippen LogP contribution in [0.15, 0.2) is 0 Å². The quantitative estimate of drug-likeness (QED) is 0.765. The van der Waals surface area contributed by atoms with Crippen molar-refractivity contribution in [2.75, 3.05) is 0 Å². The van der Waals surface area contributed by atoms with Crippen LogP contribution in [-0.2, 0) is 9.31 Å². The average molecular weight is 251 g/mol. The lowest BCUT2D eigenvalue weighted by Crippen LogP contribution is -2.65. The summed E-state index contributed by atoms with van der Waals surface area (Å²) in [5.41, 5.74) is 6.50. The summed E-state index contributed by atoms with van der Waals surface area (Å²) in [5.74, 6) is 1.80. The van der Waals surface area contributed by atoms with Crippen LogP contribution in [0.1, 0.15) is 47.5 Å². The topological polar surface area (TPSA) is 44.5 Å². The van der Waals surface area contributed by atoms with Gasteiger partial charge in [0.25, 0.3) is 0 Å². The van der Waals surface area contributed by atoms with E-state index in [2.05, 4.69) is 34.6 Å². The fourth-order valence-electron chi connectivity index (χ4n) is 4.38. The van der Waals surface area contributed by atoms with Crippen molar-refractivity contribution in [1.29, 1.82) is 0 Å². The van der Waals surface area contributed by atoms with Crippen molar-refractivity contribution >= 4 is 7.12 Å². The maximum Gasteiger partial charge on any atom is 0.475 e. The SMILES string of the molecule is CC(C)C(N)B1OC2CC3CC(C3(C)C)[C@]2(C)O1. The van der Waals surface area contributed by atoms with E-state index in [1.807, 2.05) is 0 Å². The molecule has 1 saturated heterocycles. The van der Waals surface area contributed by atoms with E-state index in [1.54, 1.807) is 0 Å². The Morgan fingerprint density at radius 3 is 2.44 bits per heavy atom. The summed E-state index contributed by atoms with van der Waals surface area (Å²) in [4.78, 5) is 0. The molecular formula is C14H26BNO2. The maximum atomic E-state index is 6.31. The highest BCUT2D eigenvalue weighted by molar-refractivity contribution is 6.47. The van der Waals surface area contributed by atoms with Crippen LogP contribution in [0.2, 0.25) is 0 Å². The third kappa shape index (κ3) is 1.49. The van der Waals surface area contributed by atoms with Crippen molar-refractivity contribution in [3.63, 3.8) is 0 Å². The molecule has 5 atom stereocenters. The molecule has 3 aliphatic carbocycles. The first kappa shape index (κ1) is 13.0. The molecule has 0 aromatic heterocycles. The standard InChI is InChI=1S/C14H26BNO2/c1-8(2)12(16)15-17-11-7-9-6-10(13(9,3)4)14(11,5)18-15/h8-12H,6-7,16H2,1-5H3/t9?,10?,11?,12?,14-/m0/s1. The molecule has 0 amide bonds. The van der Waals surface area contributed by atoms with Gasteiger partial charge in [-0.05, 0) is 42.9 Å². The lowest BCUT2D eigenvalue weighted by atomic mass is 9.43. The first-order valence-electron chi connectivity index (χ1n) is 7.35. The Bertz CT molecular complexity index is 360. The summed E-state index contributed by atoms with van der Waals surface area (Å²) in [6.07, 6.45) is 2.69. The summed E-state index contributed by atoms with van der Waals surface area (Å²) in [7, 11) is -0.213. The fraction of sp³-hybridized carbons (Fsp3) is 1.00. The number of hydrogen-bond donors (Lipinski definition) is 1. The largest absolute Gasteiger partial charge is 0.475 e. The summed E-state index contributed by atoms with van der Waals surface area (Å²) < 4.78 is 12.5. The molecule has 4 heteroatoms. The molecule has 3 nitrogen and oxygen atoms in total. The van der Waals surface area contributed by atoms with Crippen molar-refractivity contribution in [3.05, 3.63) is 0 Å². The number of nitrogens with two attached hydrogens (primary N) is 1. The van der Waals surface area contributed by atoms with Crippen molar-refractivity contribution in [3.8, 4) is 0 Å². The van der Waals surface area contributed by atoms with Gasteiger partial charge in [-0.1, -0.05) is 27.7 Å². The van der Waals surface area contributed by atoms with Gasteiger partial charge in [-0.3, -0.25) is 0 Å². The minimum atomic E-state index is -0.213. The van der Waals surface area contributed by atoms with Crippen LogP contribution in [0.5, 0.6) is 0 Å². The zero-order valence-corrected chi connectivity index (χ0v) is 12.3. The number of hydrogen-bond acceptors (Lipinski definition) is 3. The van der Waals surface area contributed by atoms with E-state index in [1.165, 1.54) is 6.42 Å². The van der Waals surface area contributed by atoms with Gasteiger partial charge in [-0.25, -0.2) is 0 Å². The van der Waals surface area contributed by atoms with Gasteiger partial charge in [0.1, 0.15) is 0 Å². The van der Waals surface area contributed by atoms with E-state index in [-0.39, 0.29) is 24.8 Å². The van der Waals surface area contributed by atoms with Gasteiger partial charge in [0.2, 0.25) is 0 Å². The lowest BCUT2D eigenvalue weighted by molar-refractivity contribution is -0.199. The second-order valence-electron chi connectivity index (χ2n) is 7.66. The third-order valence-electron chi connectivity index (χ3n) is 6.05. The molecule has 4 rings (SSSR count). The van der Waals surface area contributed by atoms with Crippen LogP contribution in [-0.4, -0.2) is 24.8 Å². The molecule has 0 aromatic carbocycles. The molecule has 0 aromatic rings. The van der Waals surface area contributed by atoms with Gasteiger partial charge in [0, 0.05) is 5.94 Å². The molecule has 1 aliphatic heterocycles. The minimum Gasteiger partial charge on any atom is -0.404 e. The summed E-state index contributed by atoms with van der Waals surface area (Å²) >= 11 is 0. The van der Waals surface area contributed by atoms with Crippen LogP contribution in [0.25, 0.3) is 0 Å². The minimum absolute atomic E-state index is 0.0206. The predicted molar refractivity (Wildman–Crippen MR) is 72.9 cm³/mol. The Balaban J connectivity index is 1.81. The van der Waals surface area contributed by atoms with Crippen LogP contribution in [0.3, 0.4) is 0 Å². The first-order chi connectivity index (χ1) is 8.26. The van der Waals surface area contributed by atoms with E-state index in [4.69, 9.17) is 15.0 Å². The van der Waals surface area contributed by atoms with Crippen molar-refractivity contribution in [2.24, 2.45) is 28.9 Å². The van der Waals surface area contributed by atoms with E-state index in [0.717, 1.165) is 12.3 Å². The molecule has 4 unspecified atom stereocenters. The van der Waals surface area contributed by atoms with Gasteiger partial charge < -0.3 is 15.0 Å². The highest BCUT2D eigenvalue weighted by Gasteiger charge is 2.68. The molecule has 0 spiro atoms. The summed E-state index contributed by atoms with van der Waals surface area (Å²) in [6.45, 7) is 11.3. The van der Waals surface area contributed by atoms with Crippen molar-refractivity contribution in [1.82, 2.24) is 0 Å². The fourth-order valence-corrected chi connectivity index (χ4v) is 4.38. The Labute approximate surface area is 111 Å². The molecule has 2 bridgehead atoms. The molecule has 1 heterocycles. The molecule has 102 valence electrons. The van der Waals surface area contributed by atoms with Gasteiger partial charge >= 0.3 is 7.12 Å². The van der Waals surface area contributed by atoms with Crippen LogP contribution < -0.4 is 5.73 Å². The second kappa shape index (κ2) is 3.74. The second-order valence-corrected chi connectivity index (χ2v) is 7.66. The molecular weight excluding hydrogens is 225 g/mol. The van der Waals surface area contributed by atoms with Crippen molar-refractivity contribution in [2.45, 2.75) is 65.1 Å². The van der Waals surface area contributed by atoms with Crippen LogP contribution in [0.4, 0.5) is 0 Å². The Morgan fingerprint density at radius 2 is 1.89 bits per heavy atom. The van der Waals surface area contributed by atoms with Gasteiger partial charge in [0.15, 0.2) is 0 Å². The summed E-state index contributed by atoms with van der Waals surface area (Å²) in [6, 6.07) is 0. The molecule has 0 radical (unpaired) electrons. The highest BCUT2D eigenvalue weighted by Crippen LogP contribution is 2.65. The van der Waals surface area contributed by atoms with E-state index in [0.29, 0.717) is 17.3 Å². The third-order valence-corrected chi connectivity index (χ3v) is 6.05. The van der Waals surface area contributed by atoms with E-state index < -0.39 is 0 Å². The monoisotopic (exact) mass is 251 g/mol. The number of rotatable bonds is 2. The molecule has 4 aliphatic rings. The maximum absolute atomic E-state index is 6.31. The predicted octanol–water partition coefficient (Wildman–Crippen LogP) is 2.24. The molecule has 2 N–H and O–H groups in total. The van der Waals surface area contributed by atoms with E-state index >= 15 is 0 Å². The Morgan fingerprint density at radius 1 is 1.22 bits per heavy atom.